The molecular formula is C15H18N2O3. The van der Waals surface area contributed by atoms with Gasteiger partial charge in [-0.1, -0.05) is 6.07 Å². The monoisotopic (exact) mass is 274 g/mol. The van der Waals surface area contributed by atoms with Crippen LogP contribution >= 0.6 is 0 Å². The normalized spacial score (nSPS) is 20.5. The standard InChI is InChI=1S/C15H18N2O3/c1-15(2)9-17(5-6-20-15)14(19)11-4-3-10-8-13(18)16-12(10)7-11/h3-4,7H,5-6,8-9H2,1-2H3,(H,16,18). The van der Waals surface area contributed by atoms with Crippen molar-refractivity contribution in [2.45, 2.75) is 25.9 Å². The minimum absolute atomic E-state index is 0.00896. The van der Waals surface area contributed by atoms with E-state index in [4.69, 9.17) is 4.74 Å². The largest absolute Gasteiger partial charge is 0.372 e. The van der Waals surface area contributed by atoms with Gasteiger partial charge in [0.1, 0.15) is 0 Å². The van der Waals surface area contributed by atoms with Gasteiger partial charge in [-0.05, 0) is 31.5 Å². The molecule has 0 bridgehead atoms. The van der Waals surface area contributed by atoms with Crippen molar-refractivity contribution < 1.29 is 14.3 Å². The Morgan fingerprint density at radius 1 is 1.40 bits per heavy atom. The van der Waals surface area contributed by atoms with Gasteiger partial charge in [-0.25, -0.2) is 0 Å². The summed E-state index contributed by atoms with van der Waals surface area (Å²) in [6.07, 6.45) is 0.397. The number of carbonyl (C=O) groups is 2. The SMILES string of the molecule is CC1(C)CN(C(=O)c2ccc3c(c2)NC(=O)C3)CCO1. The molecule has 1 saturated heterocycles. The Kier molecular flexibility index (Phi) is 3.01. The van der Waals surface area contributed by atoms with E-state index in [1.54, 1.807) is 12.1 Å². The lowest BCUT2D eigenvalue weighted by atomic mass is 10.0. The molecule has 1 aromatic rings. The maximum Gasteiger partial charge on any atom is 0.254 e. The molecule has 1 fully saturated rings. The Balaban J connectivity index is 1.81. The van der Waals surface area contributed by atoms with Gasteiger partial charge in [-0.15, -0.1) is 0 Å². The highest BCUT2D eigenvalue weighted by molar-refractivity contribution is 6.02. The molecule has 0 saturated carbocycles. The van der Waals surface area contributed by atoms with E-state index in [9.17, 15) is 9.59 Å². The Morgan fingerprint density at radius 3 is 2.95 bits per heavy atom. The lowest BCUT2D eigenvalue weighted by Gasteiger charge is -2.38. The van der Waals surface area contributed by atoms with E-state index in [0.29, 0.717) is 31.7 Å². The first-order valence-electron chi connectivity index (χ1n) is 6.81. The van der Waals surface area contributed by atoms with E-state index in [1.807, 2.05) is 24.8 Å². The lowest BCUT2D eigenvalue weighted by molar-refractivity contribution is -0.115. The second kappa shape index (κ2) is 4.59. The summed E-state index contributed by atoms with van der Waals surface area (Å²) in [4.78, 5) is 25.7. The molecule has 0 aliphatic carbocycles. The van der Waals surface area contributed by atoms with E-state index in [-0.39, 0.29) is 17.4 Å². The van der Waals surface area contributed by atoms with Gasteiger partial charge in [0.15, 0.2) is 0 Å². The van der Waals surface area contributed by atoms with Crippen molar-refractivity contribution in [3.63, 3.8) is 0 Å². The number of anilines is 1. The van der Waals surface area contributed by atoms with Gasteiger partial charge >= 0.3 is 0 Å². The molecule has 2 amide bonds. The number of nitrogens with one attached hydrogen (secondary N) is 1. The Morgan fingerprint density at radius 2 is 2.20 bits per heavy atom. The molecular weight excluding hydrogens is 256 g/mol. The fourth-order valence-corrected chi connectivity index (χ4v) is 2.72. The molecule has 0 spiro atoms. The van der Waals surface area contributed by atoms with Gasteiger partial charge in [0.25, 0.3) is 5.91 Å². The molecule has 2 aliphatic rings. The topological polar surface area (TPSA) is 58.6 Å². The first-order chi connectivity index (χ1) is 9.44. The van der Waals surface area contributed by atoms with Crippen LogP contribution in [-0.2, 0) is 16.0 Å². The first kappa shape index (κ1) is 13.1. The minimum atomic E-state index is -0.307. The fraction of sp³-hybridized carbons (Fsp3) is 0.467. The number of ether oxygens (including phenoxy) is 1. The third kappa shape index (κ3) is 2.41. The predicted molar refractivity (Wildman–Crippen MR) is 74.7 cm³/mol. The number of hydrogen-bond donors (Lipinski definition) is 1. The zero-order valence-corrected chi connectivity index (χ0v) is 11.7. The summed E-state index contributed by atoms with van der Waals surface area (Å²) in [5, 5.41) is 2.78. The number of morpholine rings is 1. The van der Waals surface area contributed by atoms with Crippen LogP contribution in [-0.4, -0.2) is 42.0 Å². The molecule has 0 unspecified atom stereocenters. The maximum atomic E-state index is 12.5. The zero-order valence-electron chi connectivity index (χ0n) is 11.7. The van der Waals surface area contributed by atoms with Crippen molar-refractivity contribution in [1.29, 1.82) is 0 Å². The van der Waals surface area contributed by atoms with Crippen LogP contribution < -0.4 is 5.32 Å². The first-order valence-corrected chi connectivity index (χ1v) is 6.81. The van der Waals surface area contributed by atoms with Crippen LogP contribution in [0.4, 0.5) is 5.69 Å². The summed E-state index contributed by atoms with van der Waals surface area (Å²) in [5.41, 5.74) is 2.02. The van der Waals surface area contributed by atoms with E-state index in [1.165, 1.54) is 0 Å². The number of benzene rings is 1. The quantitative estimate of drug-likeness (QED) is 0.843. The third-order valence-electron chi connectivity index (χ3n) is 3.69. The number of carbonyl (C=O) groups excluding carboxylic acids is 2. The smallest absolute Gasteiger partial charge is 0.254 e. The summed E-state index contributed by atoms with van der Waals surface area (Å²) in [5.74, 6) is -0.0255. The van der Waals surface area contributed by atoms with Crippen LogP contribution in [0.25, 0.3) is 0 Å². The molecule has 20 heavy (non-hydrogen) atoms. The summed E-state index contributed by atoms with van der Waals surface area (Å²) in [6.45, 7) is 5.70. The van der Waals surface area contributed by atoms with Crippen molar-refractivity contribution in [1.82, 2.24) is 4.90 Å². The average molecular weight is 274 g/mol. The van der Waals surface area contributed by atoms with Crippen LogP contribution in [0, 0.1) is 0 Å². The molecule has 1 N–H and O–H groups in total. The Hall–Kier alpha value is -1.88. The highest BCUT2D eigenvalue weighted by atomic mass is 16.5. The van der Waals surface area contributed by atoms with Gasteiger partial charge in [0.2, 0.25) is 5.91 Å². The van der Waals surface area contributed by atoms with E-state index in [2.05, 4.69) is 5.32 Å². The van der Waals surface area contributed by atoms with E-state index < -0.39 is 0 Å². The molecule has 3 rings (SSSR count). The lowest BCUT2D eigenvalue weighted by Crippen LogP contribution is -2.50. The second-order valence-electron chi connectivity index (χ2n) is 5.93. The van der Waals surface area contributed by atoms with Gasteiger partial charge in [-0.2, -0.15) is 0 Å². The molecule has 106 valence electrons. The van der Waals surface area contributed by atoms with Crippen LogP contribution in [0.1, 0.15) is 29.8 Å². The minimum Gasteiger partial charge on any atom is -0.372 e. The van der Waals surface area contributed by atoms with Crippen molar-refractivity contribution in [2.24, 2.45) is 0 Å². The molecule has 5 nitrogen and oxygen atoms in total. The van der Waals surface area contributed by atoms with Crippen LogP contribution in [0.5, 0.6) is 0 Å². The summed E-state index contributed by atoms with van der Waals surface area (Å²) >= 11 is 0. The van der Waals surface area contributed by atoms with Crippen molar-refractivity contribution in [3.05, 3.63) is 29.3 Å². The molecule has 1 aromatic carbocycles. The van der Waals surface area contributed by atoms with Crippen LogP contribution in [0.2, 0.25) is 0 Å². The highest BCUT2D eigenvalue weighted by Gasteiger charge is 2.31. The van der Waals surface area contributed by atoms with Crippen LogP contribution in [0.3, 0.4) is 0 Å². The molecule has 0 atom stereocenters. The van der Waals surface area contributed by atoms with E-state index in [0.717, 1.165) is 11.3 Å². The summed E-state index contributed by atoms with van der Waals surface area (Å²) in [6, 6.07) is 5.42. The number of amides is 2. The summed E-state index contributed by atoms with van der Waals surface area (Å²) in [7, 11) is 0. The molecule has 2 heterocycles. The van der Waals surface area contributed by atoms with Gasteiger partial charge < -0.3 is 15.0 Å². The third-order valence-corrected chi connectivity index (χ3v) is 3.69. The van der Waals surface area contributed by atoms with Gasteiger partial charge in [-0.3, -0.25) is 9.59 Å². The fourth-order valence-electron chi connectivity index (χ4n) is 2.72. The number of nitrogens with zero attached hydrogens (tertiary/aromatic N) is 1. The van der Waals surface area contributed by atoms with E-state index >= 15 is 0 Å². The number of hydrogen-bond acceptors (Lipinski definition) is 3. The Labute approximate surface area is 117 Å². The molecule has 5 heteroatoms. The van der Waals surface area contributed by atoms with Crippen molar-refractivity contribution in [2.75, 3.05) is 25.0 Å². The molecule has 2 aliphatic heterocycles. The maximum absolute atomic E-state index is 12.5. The second-order valence-corrected chi connectivity index (χ2v) is 5.93. The molecule has 0 aromatic heterocycles. The van der Waals surface area contributed by atoms with Gasteiger partial charge in [0.05, 0.1) is 18.6 Å². The average Bonchev–Trinajstić information content (AvgIpc) is 2.75. The van der Waals surface area contributed by atoms with Crippen LogP contribution in [0.15, 0.2) is 18.2 Å². The number of fused-ring (bicyclic) bond motifs is 1. The zero-order chi connectivity index (χ0) is 14.3. The van der Waals surface area contributed by atoms with Gasteiger partial charge in [0, 0.05) is 24.3 Å². The van der Waals surface area contributed by atoms with Crippen molar-refractivity contribution in [3.8, 4) is 0 Å². The predicted octanol–water partition coefficient (Wildman–Crippen LogP) is 1.43. The number of rotatable bonds is 1. The highest BCUT2D eigenvalue weighted by Crippen LogP contribution is 2.25. The summed E-state index contributed by atoms with van der Waals surface area (Å²) < 4.78 is 5.62. The molecule has 0 radical (unpaired) electrons. The Bertz CT molecular complexity index is 580. The van der Waals surface area contributed by atoms with Crippen molar-refractivity contribution >= 4 is 17.5 Å².